The topological polar surface area (TPSA) is 137 Å². The highest BCUT2D eigenvalue weighted by Gasteiger charge is 2.57. The molecule has 2 aliphatic heterocycles. The number of pyridine rings is 1. The Morgan fingerprint density at radius 2 is 1.86 bits per heavy atom. The maximum absolute atomic E-state index is 13.6. The zero-order chi connectivity index (χ0) is 35.3. The van der Waals surface area contributed by atoms with Gasteiger partial charge in [0, 0.05) is 55.5 Å². The van der Waals surface area contributed by atoms with Crippen LogP contribution in [0.1, 0.15) is 70.8 Å². The van der Waals surface area contributed by atoms with Gasteiger partial charge in [0.15, 0.2) is 18.5 Å². The summed E-state index contributed by atoms with van der Waals surface area (Å²) in [6.45, 7) is 9.91. The molecule has 0 aromatic carbocycles. The molecule has 2 aromatic heterocycles. The summed E-state index contributed by atoms with van der Waals surface area (Å²) >= 11 is 0. The molecule has 1 saturated heterocycles. The Morgan fingerprint density at radius 1 is 1.10 bits per heavy atom. The van der Waals surface area contributed by atoms with Crippen LogP contribution in [0.2, 0.25) is 0 Å². The molecule has 1 aliphatic carbocycles. The van der Waals surface area contributed by atoms with Crippen LogP contribution >= 0.6 is 0 Å². The van der Waals surface area contributed by atoms with Gasteiger partial charge < -0.3 is 33.8 Å². The first-order valence-electron chi connectivity index (χ1n) is 17.4. The van der Waals surface area contributed by atoms with Crippen LogP contribution in [0, 0.1) is 23.7 Å². The molecule has 11 heteroatoms. The number of fused-ring (bicyclic) bond motifs is 1. The molecular formula is C38H51N2O9+. The minimum absolute atomic E-state index is 0.113. The van der Waals surface area contributed by atoms with Gasteiger partial charge in [-0.25, -0.2) is 14.2 Å². The summed E-state index contributed by atoms with van der Waals surface area (Å²) in [7, 11) is 1.48. The Bertz CT molecular complexity index is 1490. The van der Waals surface area contributed by atoms with E-state index in [0.29, 0.717) is 31.5 Å². The minimum atomic E-state index is -0.894. The molecule has 1 spiro atoms. The number of aromatic amines is 1. The smallest absolute Gasteiger partial charge is 0.355 e. The fourth-order valence-electron chi connectivity index (χ4n) is 7.52. The van der Waals surface area contributed by atoms with Gasteiger partial charge >= 0.3 is 17.9 Å². The number of nitrogens with one attached hydrogen (secondary N) is 1. The first kappa shape index (κ1) is 36.5. The number of hydrogen-bond donors (Lipinski definition) is 2. The van der Waals surface area contributed by atoms with E-state index in [2.05, 4.69) is 17.1 Å². The largest absolute Gasteiger partial charge is 0.459 e. The third-order valence-corrected chi connectivity index (χ3v) is 10.5. The summed E-state index contributed by atoms with van der Waals surface area (Å²) in [4.78, 5) is 42.5. The van der Waals surface area contributed by atoms with Crippen molar-refractivity contribution in [3.63, 3.8) is 0 Å². The Labute approximate surface area is 288 Å². The van der Waals surface area contributed by atoms with Gasteiger partial charge in [-0.2, -0.15) is 0 Å². The number of carbonyl (C=O) groups excluding carboxylic acids is 3. The summed E-state index contributed by atoms with van der Waals surface area (Å²) in [5.74, 6) is -2.55. The van der Waals surface area contributed by atoms with E-state index >= 15 is 0 Å². The second kappa shape index (κ2) is 15.8. The predicted molar refractivity (Wildman–Crippen MR) is 179 cm³/mol. The summed E-state index contributed by atoms with van der Waals surface area (Å²) in [5.41, 5.74) is 0.426. The number of cyclic esters (lactones) is 1. The second-order valence-electron chi connectivity index (χ2n) is 13.9. The predicted octanol–water partition coefficient (Wildman–Crippen LogP) is 4.50. The number of nitrogens with zero attached hydrogens (tertiary/aromatic N) is 1. The number of rotatable bonds is 12. The zero-order valence-electron chi connectivity index (χ0n) is 29.3. The molecule has 4 heterocycles. The second-order valence-corrected chi connectivity index (χ2v) is 13.9. The van der Waals surface area contributed by atoms with Crippen LogP contribution in [-0.2, 0) is 39.8 Å². The van der Waals surface area contributed by atoms with Crippen molar-refractivity contribution in [3.8, 4) is 0 Å². The van der Waals surface area contributed by atoms with Crippen molar-refractivity contribution in [1.82, 2.24) is 4.98 Å². The maximum atomic E-state index is 13.6. The minimum Gasteiger partial charge on any atom is -0.459 e. The van der Waals surface area contributed by atoms with Crippen LogP contribution in [0.25, 0.3) is 0 Å². The summed E-state index contributed by atoms with van der Waals surface area (Å²) < 4.78 is 32.7. The molecule has 3 aliphatic rings. The molecule has 0 amide bonds. The average molecular weight is 680 g/mol. The molecule has 0 saturated carbocycles. The molecule has 5 rings (SSSR count). The summed E-state index contributed by atoms with van der Waals surface area (Å²) in [6, 6.07) is 9.19. The van der Waals surface area contributed by atoms with E-state index in [4.69, 9.17) is 23.7 Å². The van der Waals surface area contributed by atoms with Crippen molar-refractivity contribution < 1.29 is 47.7 Å². The highest BCUT2D eigenvalue weighted by molar-refractivity contribution is 5.87. The molecule has 0 unspecified atom stereocenters. The third-order valence-electron chi connectivity index (χ3n) is 10.5. The molecule has 1 fully saturated rings. The number of carbonyl (C=O) groups is 3. The van der Waals surface area contributed by atoms with E-state index in [-0.39, 0.29) is 30.1 Å². The molecule has 11 atom stereocenters. The van der Waals surface area contributed by atoms with Crippen molar-refractivity contribution in [3.05, 3.63) is 78.4 Å². The number of hydrogen-bond acceptors (Lipinski definition) is 9. The highest BCUT2D eigenvalue weighted by atomic mass is 16.6. The molecule has 2 N–H and O–H groups in total. The van der Waals surface area contributed by atoms with Gasteiger partial charge in [-0.3, -0.25) is 4.79 Å². The molecule has 11 nitrogen and oxygen atoms in total. The lowest BCUT2D eigenvalue weighted by Gasteiger charge is -2.41. The number of aliphatic hydroxyl groups excluding tert-OH is 1. The van der Waals surface area contributed by atoms with E-state index in [1.165, 1.54) is 7.11 Å². The van der Waals surface area contributed by atoms with Gasteiger partial charge in [-0.1, -0.05) is 38.1 Å². The third kappa shape index (κ3) is 8.16. The van der Waals surface area contributed by atoms with Crippen LogP contribution in [0.15, 0.2) is 72.7 Å². The molecule has 49 heavy (non-hydrogen) atoms. The Morgan fingerprint density at radius 3 is 2.53 bits per heavy atom. The molecule has 266 valence electrons. The molecule has 0 radical (unpaired) electrons. The van der Waals surface area contributed by atoms with Crippen LogP contribution < -0.4 is 4.57 Å². The normalized spacial score (nSPS) is 31.7. The van der Waals surface area contributed by atoms with E-state index in [1.807, 2.05) is 62.0 Å². The van der Waals surface area contributed by atoms with Crippen LogP contribution in [0.3, 0.4) is 0 Å². The maximum Gasteiger partial charge on any atom is 0.355 e. The zero-order valence-corrected chi connectivity index (χ0v) is 29.3. The van der Waals surface area contributed by atoms with Gasteiger partial charge in [-0.05, 0) is 51.3 Å². The first-order chi connectivity index (χ1) is 23.4. The van der Waals surface area contributed by atoms with E-state index in [9.17, 15) is 19.5 Å². The summed E-state index contributed by atoms with van der Waals surface area (Å²) in [6.07, 6.45) is 9.03. The highest BCUT2D eigenvalue weighted by Crippen LogP contribution is 2.53. The van der Waals surface area contributed by atoms with E-state index in [0.717, 1.165) is 5.57 Å². The van der Waals surface area contributed by atoms with Crippen LogP contribution in [0.4, 0.5) is 0 Å². The van der Waals surface area contributed by atoms with Gasteiger partial charge in [0.2, 0.25) is 0 Å². The lowest BCUT2D eigenvalue weighted by molar-refractivity contribution is -0.697. The Hall–Kier alpha value is -3.80. The van der Waals surface area contributed by atoms with Crippen molar-refractivity contribution in [2.75, 3.05) is 7.11 Å². The monoisotopic (exact) mass is 679 g/mol. The molecular weight excluding hydrogens is 628 g/mol. The number of H-pyrrole nitrogens is 1. The van der Waals surface area contributed by atoms with Gasteiger partial charge in [0.1, 0.15) is 36.7 Å². The van der Waals surface area contributed by atoms with Gasteiger partial charge in [0.05, 0.1) is 18.1 Å². The number of ether oxygens (including phenoxy) is 5. The fourth-order valence-corrected chi connectivity index (χ4v) is 7.52. The molecule has 2 bridgehead atoms. The molecule has 2 aromatic rings. The van der Waals surface area contributed by atoms with Crippen molar-refractivity contribution in [2.24, 2.45) is 23.7 Å². The average Bonchev–Trinajstić information content (AvgIpc) is 3.73. The number of aromatic nitrogens is 2. The number of esters is 3. The quantitative estimate of drug-likeness (QED) is 0.144. The SMILES string of the molecule is CO[C@H]1C[C@H]2C=C[C@@H]3C[C@]2(O[C@H]3[C@H](OC(=O)c2ccc[nH]2)[C@H](C)[C@H](C)O)/C(C)=C/[C@@H](C)[C@@H]([C@@H](C)OC(=O)CCC[n+]2ccccc2)OC1=O. The van der Waals surface area contributed by atoms with Gasteiger partial charge in [0.25, 0.3) is 0 Å². The number of aryl methyl sites for hydroxylation is 1. The summed E-state index contributed by atoms with van der Waals surface area (Å²) in [5, 5.41) is 10.7. The van der Waals surface area contributed by atoms with Crippen LogP contribution in [-0.4, -0.2) is 77.3 Å². The van der Waals surface area contributed by atoms with Crippen molar-refractivity contribution >= 4 is 17.9 Å². The standard InChI is InChI=1S/C38H50N2O9/c1-23-20-24(2)38-22-28(35(49-38)34(25(3)26(4)41)48-36(43)30-12-10-16-39-30)14-15-29(38)21-31(45-6)37(44)47-33(23)27(5)46-32(42)13-11-19-40-17-8-7-9-18-40/h7-10,12,14-18,20,23,25-29,31,33-35,41H,11,13,19,21-22H2,1-6H3/p+1/b24-20+/t23-,25-,26+,27-,28-,29-,31+,33+,34-,35-,38+/m1/s1. The lowest BCUT2D eigenvalue weighted by atomic mass is 9.69. The van der Waals surface area contributed by atoms with Crippen LogP contribution in [0.5, 0.6) is 0 Å². The Kier molecular flexibility index (Phi) is 11.8. The number of aliphatic hydroxyl groups is 1. The van der Waals surface area contributed by atoms with E-state index < -0.39 is 60.1 Å². The lowest BCUT2D eigenvalue weighted by Crippen LogP contribution is -2.48. The fraction of sp³-hybridized carbons (Fsp3) is 0.579. The first-order valence-corrected chi connectivity index (χ1v) is 17.4. The van der Waals surface area contributed by atoms with Gasteiger partial charge in [-0.15, -0.1) is 0 Å². The Balaban J connectivity index is 1.38. The van der Waals surface area contributed by atoms with Crippen molar-refractivity contribution in [2.45, 2.75) is 109 Å². The number of methoxy groups -OCH3 is 1. The van der Waals surface area contributed by atoms with Crippen molar-refractivity contribution in [1.29, 1.82) is 0 Å². The van der Waals surface area contributed by atoms with E-state index in [1.54, 1.807) is 32.2 Å².